The summed E-state index contributed by atoms with van der Waals surface area (Å²) in [4.78, 5) is 15.1. The molecular formula is C9H10ClN3O. The minimum absolute atomic E-state index is 0.231. The second-order valence-corrected chi connectivity index (χ2v) is 3.47. The van der Waals surface area contributed by atoms with Gasteiger partial charge in [-0.1, -0.05) is 18.5 Å². The average Bonchev–Trinajstić information content (AvgIpc) is 2.16. The quantitative estimate of drug-likeness (QED) is 0.698. The molecular weight excluding hydrogens is 202 g/mol. The van der Waals surface area contributed by atoms with Crippen LogP contribution < -0.4 is 10.6 Å². The van der Waals surface area contributed by atoms with Crippen LogP contribution in [0.1, 0.15) is 18.1 Å². The van der Waals surface area contributed by atoms with E-state index in [1.807, 2.05) is 13.0 Å². The number of aromatic nitrogens is 1. The van der Waals surface area contributed by atoms with Crippen LogP contribution in [0.5, 0.6) is 0 Å². The molecule has 4 nitrogen and oxygen atoms in total. The fourth-order valence-corrected chi connectivity index (χ4v) is 1.67. The lowest BCUT2D eigenvalue weighted by molar-refractivity contribution is 0.250. The molecule has 0 fully saturated rings. The van der Waals surface area contributed by atoms with E-state index in [9.17, 15) is 4.79 Å². The first-order valence-electron chi connectivity index (χ1n) is 4.44. The summed E-state index contributed by atoms with van der Waals surface area (Å²) in [5.41, 5.74) is 1.98. The Morgan fingerprint density at radius 1 is 1.64 bits per heavy atom. The third-order valence-corrected chi connectivity index (χ3v) is 2.51. The number of fused-ring (bicyclic) bond motifs is 1. The van der Waals surface area contributed by atoms with Gasteiger partial charge in [0.1, 0.15) is 11.0 Å². The van der Waals surface area contributed by atoms with Gasteiger partial charge in [0.05, 0.1) is 0 Å². The first kappa shape index (κ1) is 9.27. The van der Waals surface area contributed by atoms with Gasteiger partial charge in [-0.25, -0.2) is 9.78 Å². The van der Waals surface area contributed by atoms with E-state index in [0.29, 0.717) is 17.5 Å². The van der Waals surface area contributed by atoms with Crippen molar-refractivity contribution < 1.29 is 4.79 Å². The minimum Gasteiger partial charge on any atom is -0.334 e. The largest absolute Gasteiger partial charge is 0.334 e. The number of hydrogen-bond acceptors (Lipinski definition) is 2. The lowest BCUT2D eigenvalue weighted by atomic mass is 10.1. The van der Waals surface area contributed by atoms with Gasteiger partial charge in [0.25, 0.3) is 0 Å². The van der Waals surface area contributed by atoms with Crippen LogP contribution in [0.3, 0.4) is 0 Å². The topological polar surface area (TPSA) is 54.0 Å². The lowest BCUT2D eigenvalue weighted by Gasteiger charge is -2.18. The van der Waals surface area contributed by atoms with Crippen molar-refractivity contribution in [2.75, 3.05) is 5.32 Å². The Kier molecular flexibility index (Phi) is 2.29. The summed E-state index contributed by atoms with van der Waals surface area (Å²) < 4.78 is 0. The highest BCUT2D eigenvalue weighted by atomic mass is 35.5. The third kappa shape index (κ3) is 1.53. The number of carbonyl (C=O) groups is 1. The number of hydrogen-bond donors (Lipinski definition) is 2. The van der Waals surface area contributed by atoms with Crippen molar-refractivity contribution in [2.24, 2.45) is 0 Å². The molecule has 0 aliphatic carbocycles. The Morgan fingerprint density at radius 2 is 2.43 bits per heavy atom. The van der Waals surface area contributed by atoms with E-state index in [4.69, 9.17) is 11.6 Å². The van der Waals surface area contributed by atoms with Crippen LogP contribution in [-0.4, -0.2) is 11.0 Å². The lowest BCUT2D eigenvalue weighted by Crippen LogP contribution is -2.34. The number of halogens is 1. The van der Waals surface area contributed by atoms with Gasteiger partial charge in [-0.15, -0.1) is 0 Å². The Hall–Kier alpha value is -1.29. The highest BCUT2D eigenvalue weighted by Crippen LogP contribution is 2.23. The number of carbonyl (C=O) groups excluding carboxylic acids is 1. The van der Waals surface area contributed by atoms with Gasteiger partial charge in [-0.2, -0.15) is 0 Å². The zero-order chi connectivity index (χ0) is 10.1. The zero-order valence-electron chi connectivity index (χ0n) is 7.72. The van der Waals surface area contributed by atoms with Crippen molar-refractivity contribution >= 4 is 23.4 Å². The maximum Gasteiger partial charge on any atom is 0.320 e. The summed E-state index contributed by atoms with van der Waals surface area (Å²) >= 11 is 5.93. The molecule has 1 aromatic rings. The van der Waals surface area contributed by atoms with Crippen LogP contribution in [0.2, 0.25) is 5.15 Å². The highest BCUT2D eigenvalue weighted by Gasteiger charge is 2.16. The van der Waals surface area contributed by atoms with Crippen LogP contribution in [0.25, 0.3) is 0 Å². The summed E-state index contributed by atoms with van der Waals surface area (Å²) in [6, 6.07) is 1.74. The molecule has 2 amide bonds. The molecule has 2 N–H and O–H groups in total. The molecule has 0 spiro atoms. The van der Waals surface area contributed by atoms with E-state index in [2.05, 4.69) is 15.6 Å². The van der Waals surface area contributed by atoms with E-state index in [1.165, 1.54) is 0 Å². The van der Waals surface area contributed by atoms with Gasteiger partial charge >= 0.3 is 6.03 Å². The molecule has 2 rings (SSSR count). The minimum atomic E-state index is -0.231. The first-order valence-corrected chi connectivity index (χ1v) is 4.81. The van der Waals surface area contributed by atoms with Crippen molar-refractivity contribution in [3.63, 3.8) is 0 Å². The maximum atomic E-state index is 11.0. The molecule has 1 aliphatic heterocycles. The maximum absolute atomic E-state index is 11.0. The first-order chi connectivity index (χ1) is 6.70. The van der Waals surface area contributed by atoms with E-state index >= 15 is 0 Å². The van der Waals surface area contributed by atoms with Gasteiger partial charge in [0.2, 0.25) is 0 Å². The van der Waals surface area contributed by atoms with Crippen molar-refractivity contribution in [3.05, 3.63) is 22.3 Å². The van der Waals surface area contributed by atoms with Crippen LogP contribution in [0, 0.1) is 0 Å². The predicted molar refractivity (Wildman–Crippen MR) is 54.5 cm³/mol. The summed E-state index contributed by atoms with van der Waals surface area (Å²) in [6.07, 6.45) is 0.840. The van der Waals surface area contributed by atoms with Crippen LogP contribution in [0.15, 0.2) is 6.07 Å². The molecule has 0 saturated heterocycles. The number of aryl methyl sites for hydroxylation is 1. The number of pyridine rings is 1. The Morgan fingerprint density at radius 3 is 3.14 bits per heavy atom. The second kappa shape index (κ2) is 3.46. The predicted octanol–water partition coefficient (Wildman–Crippen LogP) is 1.93. The molecule has 14 heavy (non-hydrogen) atoms. The van der Waals surface area contributed by atoms with Gasteiger partial charge in [0, 0.05) is 12.1 Å². The van der Waals surface area contributed by atoms with Gasteiger partial charge in [0.15, 0.2) is 0 Å². The molecule has 0 atom stereocenters. The average molecular weight is 212 g/mol. The van der Waals surface area contributed by atoms with Crippen LogP contribution in [-0.2, 0) is 13.0 Å². The van der Waals surface area contributed by atoms with Crippen LogP contribution in [0.4, 0.5) is 10.6 Å². The monoisotopic (exact) mass is 211 g/mol. The Labute approximate surface area is 86.7 Å². The Balaban J connectivity index is 2.45. The molecule has 2 heterocycles. The summed E-state index contributed by atoms with van der Waals surface area (Å²) in [6.45, 7) is 2.53. The number of nitrogens with zero attached hydrogens (tertiary/aromatic N) is 1. The normalized spacial score (nSPS) is 14.3. The molecule has 0 radical (unpaired) electrons. The SMILES string of the molecule is CCc1cc2c(nc1Cl)NC(=O)NC2. The van der Waals surface area contributed by atoms with E-state index in [0.717, 1.165) is 17.5 Å². The molecule has 0 aromatic carbocycles. The molecule has 0 unspecified atom stereocenters. The zero-order valence-corrected chi connectivity index (χ0v) is 8.48. The van der Waals surface area contributed by atoms with Gasteiger partial charge in [-0.05, 0) is 18.1 Å². The molecule has 0 saturated carbocycles. The fraction of sp³-hybridized carbons (Fsp3) is 0.333. The van der Waals surface area contributed by atoms with E-state index in [-0.39, 0.29) is 6.03 Å². The molecule has 1 aromatic heterocycles. The van der Waals surface area contributed by atoms with Crippen molar-refractivity contribution in [1.82, 2.24) is 10.3 Å². The summed E-state index contributed by atoms with van der Waals surface area (Å²) in [5.74, 6) is 0.566. The van der Waals surface area contributed by atoms with Crippen molar-refractivity contribution in [1.29, 1.82) is 0 Å². The number of urea groups is 1. The van der Waals surface area contributed by atoms with Gasteiger partial charge < -0.3 is 5.32 Å². The molecule has 1 aliphatic rings. The standard InChI is InChI=1S/C9H10ClN3O/c1-2-5-3-6-4-11-9(14)13-8(6)12-7(5)10/h3H,2,4H2,1H3,(H2,11,12,13,14). The smallest absolute Gasteiger partial charge is 0.320 e. The summed E-state index contributed by atoms with van der Waals surface area (Å²) in [7, 11) is 0. The van der Waals surface area contributed by atoms with Crippen molar-refractivity contribution in [2.45, 2.75) is 19.9 Å². The number of amides is 2. The highest BCUT2D eigenvalue weighted by molar-refractivity contribution is 6.30. The van der Waals surface area contributed by atoms with E-state index < -0.39 is 0 Å². The number of anilines is 1. The third-order valence-electron chi connectivity index (χ3n) is 2.18. The number of rotatable bonds is 1. The van der Waals surface area contributed by atoms with Gasteiger partial charge in [-0.3, -0.25) is 5.32 Å². The fourth-order valence-electron chi connectivity index (χ4n) is 1.40. The molecule has 0 bridgehead atoms. The summed E-state index contributed by atoms with van der Waals surface area (Å²) in [5, 5.41) is 5.75. The van der Waals surface area contributed by atoms with Crippen LogP contribution >= 0.6 is 11.6 Å². The van der Waals surface area contributed by atoms with E-state index in [1.54, 1.807) is 0 Å². The van der Waals surface area contributed by atoms with Crippen molar-refractivity contribution in [3.8, 4) is 0 Å². The molecule has 74 valence electrons. The Bertz CT molecular complexity index is 392. The molecule has 5 heteroatoms. The second-order valence-electron chi connectivity index (χ2n) is 3.11. The number of nitrogens with one attached hydrogen (secondary N) is 2.